The van der Waals surface area contributed by atoms with Crippen molar-refractivity contribution < 1.29 is 0 Å². The second-order valence-corrected chi connectivity index (χ2v) is 3.93. The predicted octanol–water partition coefficient (Wildman–Crippen LogP) is 2.54. The summed E-state index contributed by atoms with van der Waals surface area (Å²) in [5.74, 6) is 2.39. The summed E-state index contributed by atoms with van der Waals surface area (Å²) in [6, 6.07) is 0. The number of hydrogen-bond donors (Lipinski definition) is 0. The first-order valence-electron chi connectivity index (χ1n) is 3.46. The second kappa shape index (κ2) is 2.77. The molecule has 0 aromatic rings. The molecule has 0 unspecified atom stereocenters. The molecule has 0 saturated carbocycles. The Morgan fingerprint density at radius 1 is 1.62 bits per heavy atom. The van der Waals surface area contributed by atoms with Crippen LogP contribution in [-0.4, -0.2) is 11.0 Å². The maximum Gasteiger partial charge on any atom is 0.00703 e. The smallest absolute Gasteiger partial charge is 0.00703 e. The summed E-state index contributed by atoms with van der Waals surface area (Å²) in [5.41, 5.74) is 0. The molecule has 1 heteroatoms. The van der Waals surface area contributed by atoms with E-state index in [-0.39, 0.29) is 0 Å². The molecule has 1 aliphatic rings. The number of rotatable bonds is 1. The van der Waals surface area contributed by atoms with Crippen LogP contribution in [-0.2, 0) is 0 Å². The van der Waals surface area contributed by atoms with Gasteiger partial charge in [-0.15, -0.1) is 0 Å². The number of thioether (sulfide) groups is 1. The zero-order chi connectivity index (χ0) is 5.98. The molecule has 1 heterocycles. The van der Waals surface area contributed by atoms with Gasteiger partial charge in [0.05, 0.1) is 0 Å². The van der Waals surface area contributed by atoms with Gasteiger partial charge < -0.3 is 0 Å². The molecule has 1 fully saturated rings. The van der Waals surface area contributed by atoms with E-state index < -0.39 is 0 Å². The Bertz CT molecular complexity index is 70.8. The third-order valence-electron chi connectivity index (χ3n) is 1.94. The van der Waals surface area contributed by atoms with Gasteiger partial charge in [-0.2, -0.15) is 11.8 Å². The van der Waals surface area contributed by atoms with Gasteiger partial charge in [-0.25, -0.2) is 0 Å². The minimum Gasteiger partial charge on any atom is -0.158 e. The van der Waals surface area contributed by atoms with Crippen molar-refractivity contribution in [3.05, 3.63) is 0 Å². The topological polar surface area (TPSA) is 0 Å². The summed E-state index contributed by atoms with van der Waals surface area (Å²) < 4.78 is 0. The van der Waals surface area contributed by atoms with Gasteiger partial charge in [0, 0.05) is 5.25 Å². The van der Waals surface area contributed by atoms with Crippen LogP contribution in [0.4, 0.5) is 0 Å². The Hall–Kier alpha value is 0.350. The average Bonchev–Trinajstić information content (AvgIpc) is 2.14. The summed E-state index contributed by atoms with van der Waals surface area (Å²) in [6.45, 7) is 4.66. The van der Waals surface area contributed by atoms with Gasteiger partial charge >= 0.3 is 0 Å². The fourth-order valence-electron chi connectivity index (χ4n) is 1.28. The van der Waals surface area contributed by atoms with Gasteiger partial charge in [0.25, 0.3) is 0 Å². The molecule has 0 bridgehead atoms. The minimum atomic E-state index is 0.981. The molecule has 1 aliphatic heterocycles. The van der Waals surface area contributed by atoms with E-state index in [2.05, 4.69) is 25.6 Å². The first kappa shape index (κ1) is 6.47. The molecule has 2 atom stereocenters. The minimum absolute atomic E-state index is 0.981. The zero-order valence-electron chi connectivity index (χ0n) is 5.68. The van der Waals surface area contributed by atoms with Crippen molar-refractivity contribution in [3.63, 3.8) is 0 Å². The predicted molar refractivity (Wildman–Crippen MR) is 40.3 cm³/mol. The van der Waals surface area contributed by atoms with Crippen molar-refractivity contribution in [2.75, 3.05) is 5.75 Å². The van der Waals surface area contributed by atoms with Crippen LogP contribution < -0.4 is 0 Å². The summed E-state index contributed by atoms with van der Waals surface area (Å²) in [7, 11) is 0. The Kier molecular flexibility index (Phi) is 2.24. The van der Waals surface area contributed by atoms with E-state index in [0.717, 1.165) is 11.2 Å². The first-order valence-corrected chi connectivity index (χ1v) is 4.51. The lowest BCUT2D eigenvalue weighted by molar-refractivity contribution is 0.554. The molecule has 0 radical (unpaired) electrons. The standard InChI is InChI=1S/C7H14S/c1-3-7-6(2)4-5-8-7/h6-7H,3-5H2,1-2H3/t6-,7-/m0/s1. The van der Waals surface area contributed by atoms with Gasteiger partial charge in [-0.1, -0.05) is 13.8 Å². The maximum atomic E-state index is 2.37. The number of hydrogen-bond acceptors (Lipinski definition) is 1. The Morgan fingerprint density at radius 2 is 2.38 bits per heavy atom. The molecule has 1 saturated heterocycles. The van der Waals surface area contributed by atoms with E-state index in [1.165, 1.54) is 18.6 Å². The van der Waals surface area contributed by atoms with Crippen LogP contribution in [0.25, 0.3) is 0 Å². The highest BCUT2D eigenvalue weighted by Gasteiger charge is 2.21. The molecule has 48 valence electrons. The van der Waals surface area contributed by atoms with Crippen molar-refractivity contribution >= 4 is 11.8 Å². The molecular weight excluding hydrogens is 116 g/mol. The van der Waals surface area contributed by atoms with Crippen LogP contribution in [0.1, 0.15) is 26.7 Å². The van der Waals surface area contributed by atoms with E-state index in [4.69, 9.17) is 0 Å². The highest BCUT2D eigenvalue weighted by molar-refractivity contribution is 8.00. The fourth-order valence-corrected chi connectivity index (χ4v) is 2.79. The SMILES string of the molecule is CC[C@@H]1SCC[C@@H]1C. The summed E-state index contributed by atoms with van der Waals surface area (Å²) in [6.07, 6.45) is 2.81. The molecule has 0 amide bonds. The lowest BCUT2D eigenvalue weighted by Crippen LogP contribution is -2.04. The Balaban J connectivity index is 2.30. The van der Waals surface area contributed by atoms with Crippen molar-refractivity contribution in [1.82, 2.24) is 0 Å². The van der Waals surface area contributed by atoms with Crippen LogP contribution in [0.3, 0.4) is 0 Å². The van der Waals surface area contributed by atoms with Crippen molar-refractivity contribution in [2.45, 2.75) is 31.9 Å². The van der Waals surface area contributed by atoms with E-state index in [1.54, 1.807) is 0 Å². The van der Waals surface area contributed by atoms with Gasteiger partial charge in [0.15, 0.2) is 0 Å². The van der Waals surface area contributed by atoms with Crippen molar-refractivity contribution in [3.8, 4) is 0 Å². The highest BCUT2D eigenvalue weighted by atomic mass is 32.2. The molecule has 0 spiro atoms. The summed E-state index contributed by atoms with van der Waals surface area (Å²) >= 11 is 2.15. The van der Waals surface area contributed by atoms with E-state index >= 15 is 0 Å². The quantitative estimate of drug-likeness (QED) is 0.525. The molecule has 8 heavy (non-hydrogen) atoms. The van der Waals surface area contributed by atoms with Crippen molar-refractivity contribution in [1.29, 1.82) is 0 Å². The molecule has 0 aliphatic carbocycles. The molecule has 0 aromatic heterocycles. The summed E-state index contributed by atoms with van der Waals surface area (Å²) in [5, 5.41) is 0.981. The van der Waals surface area contributed by atoms with Crippen molar-refractivity contribution in [2.24, 2.45) is 5.92 Å². The Morgan fingerprint density at radius 3 is 2.62 bits per heavy atom. The van der Waals surface area contributed by atoms with E-state index in [1.807, 2.05) is 0 Å². The van der Waals surface area contributed by atoms with Gasteiger partial charge in [0.1, 0.15) is 0 Å². The lowest BCUT2D eigenvalue weighted by Gasteiger charge is -2.09. The van der Waals surface area contributed by atoms with Gasteiger partial charge in [-0.3, -0.25) is 0 Å². The highest BCUT2D eigenvalue weighted by Crippen LogP contribution is 2.33. The monoisotopic (exact) mass is 130 g/mol. The second-order valence-electron chi connectivity index (χ2n) is 2.58. The molecular formula is C7H14S. The first-order chi connectivity index (χ1) is 3.84. The van der Waals surface area contributed by atoms with E-state index in [0.29, 0.717) is 0 Å². The third-order valence-corrected chi connectivity index (χ3v) is 3.64. The van der Waals surface area contributed by atoms with Crippen LogP contribution in [0.5, 0.6) is 0 Å². The summed E-state index contributed by atoms with van der Waals surface area (Å²) in [4.78, 5) is 0. The normalized spacial score (nSPS) is 38.2. The molecule has 0 aromatic carbocycles. The Labute approximate surface area is 56.0 Å². The average molecular weight is 130 g/mol. The molecule has 0 nitrogen and oxygen atoms in total. The lowest BCUT2D eigenvalue weighted by atomic mass is 10.0. The largest absolute Gasteiger partial charge is 0.158 e. The fraction of sp³-hybridized carbons (Fsp3) is 1.00. The third kappa shape index (κ3) is 1.19. The van der Waals surface area contributed by atoms with Crippen LogP contribution in [0.15, 0.2) is 0 Å². The zero-order valence-corrected chi connectivity index (χ0v) is 6.50. The molecule has 1 rings (SSSR count). The van der Waals surface area contributed by atoms with Crippen LogP contribution in [0, 0.1) is 5.92 Å². The van der Waals surface area contributed by atoms with E-state index in [9.17, 15) is 0 Å². The molecule has 0 N–H and O–H groups in total. The maximum absolute atomic E-state index is 2.37. The van der Waals surface area contributed by atoms with Gasteiger partial charge in [0.2, 0.25) is 0 Å². The van der Waals surface area contributed by atoms with Gasteiger partial charge in [-0.05, 0) is 24.5 Å². The van der Waals surface area contributed by atoms with Crippen LogP contribution >= 0.6 is 11.8 Å². The van der Waals surface area contributed by atoms with Crippen LogP contribution in [0.2, 0.25) is 0 Å².